The molecular weight excluding hydrogens is 216 g/mol. The molecular formula is C12H20N4O. The van der Waals surface area contributed by atoms with Gasteiger partial charge in [0.2, 0.25) is 5.91 Å². The lowest BCUT2D eigenvalue weighted by Crippen LogP contribution is -2.32. The first kappa shape index (κ1) is 12.0. The van der Waals surface area contributed by atoms with Crippen molar-refractivity contribution < 1.29 is 4.79 Å². The zero-order valence-electron chi connectivity index (χ0n) is 10.9. The van der Waals surface area contributed by atoms with E-state index in [1.54, 1.807) is 4.68 Å². The SMILES string of the molecule is Cc1nn(CC(=O)NC2CC2(C)C)c(C)c1N. The third kappa shape index (κ3) is 2.28. The van der Waals surface area contributed by atoms with E-state index < -0.39 is 0 Å². The summed E-state index contributed by atoms with van der Waals surface area (Å²) in [6, 6.07) is 0.310. The summed E-state index contributed by atoms with van der Waals surface area (Å²) in [5.41, 5.74) is 8.38. The normalized spacial score (nSPS) is 21.3. The number of aromatic nitrogens is 2. The van der Waals surface area contributed by atoms with Crippen LogP contribution in [0.5, 0.6) is 0 Å². The van der Waals surface area contributed by atoms with Crippen molar-refractivity contribution in [1.29, 1.82) is 0 Å². The third-order valence-corrected chi connectivity index (χ3v) is 3.58. The predicted octanol–water partition coefficient (Wildman–Crippen LogP) is 0.997. The molecule has 0 aliphatic heterocycles. The van der Waals surface area contributed by atoms with Gasteiger partial charge in [0.15, 0.2) is 0 Å². The minimum Gasteiger partial charge on any atom is -0.396 e. The fourth-order valence-electron chi connectivity index (χ4n) is 1.95. The summed E-state index contributed by atoms with van der Waals surface area (Å²) in [4.78, 5) is 11.8. The highest BCUT2D eigenvalue weighted by Gasteiger charge is 2.46. The number of anilines is 1. The van der Waals surface area contributed by atoms with Crippen LogP contribution in [0.4, 0.5) is 5.69 Å². The first-order valence-corrected chi connectivity index (χ1v) is 5.90. The van der Waals surface area contributed by atoms with Crippen LogP contribution in [0.15, 0.2) is 0 Å². The Bertz CT molecular complexity index is 461. The van der Waals surface area contributed by atoms with Crippen LogP contribution in [0.25, 0.3) is 0 Å². The Labute approximate surface area is 101 Å². The van der Waals surface area contributed by atoms with E-state index in [0.29, 0.717) is 11.7 Å². The lowest BCUT2D eigenvalue weighted by Gasteiger charge is -2.08. The molecule has 0 spiro atoms. The van der Waals surface area contributed by atoms with Crippen LogP contribution < -0.4 is 11.1 Å². The molecule has 0 saturated heterocycles. The van der Waals surface area contributed by atoms with Gasteiger partial charge < -0.3 is 11.1 Å². The molecule has 3 N–H and O–H groups in total. The molecule has 1 aromatic rings. The monoisotopic (exact) mass is 236 g/mol. The molecule has 0 bridgehead atoms. The summed E-state index contributed by atoms with van der Waals surface area (Å²) in [5, 5.41) is 7.25. The lowest BCUT2D eigenvalue weighted by atomic mass is 10.2. The number of nitrogens with zero attached hydrogens (tertiary/aromatic N) is 2. The first-order chi connectivity index (χ1) is 7.81. The highest BCUT2D eigenvalue weighted by molar-refractivity contribution is 5.76. The number of nitrogens with two attached hydrogens (primary N) is 1. The minimum atomic E-state index is 0.00572. The van der Waals surface area contributed by atoms with E-state index in [0.717, 1.165) is 17.8 Å². The quantitative estimate of drug-likeness (QED) is 0.822. The summed E-state index contributed by atoms with van der Waals surface area (Å²) in [6.07, 6.45) is 1.05. The molecule has 1 heterocycles. The van der Waals surface area contributed by atoms with Crippen molar-refractivity contribution in [2.24, 2.45) is 5.41 Å². The summed E-state index contributed by atoms with van der Waals surface area (Å²) >= 11 is 0. The molecule has 17 heavy (non-hydrogen) atoms. The van der Waals surface area contributed by atoms with E-state index in [2.05, 4.69) is 24.3 Å². The van der Waals surface area contributed by atoms with Gasteiger partial charge in [-0.15, -0.1) is 0 Å². The Balaban J connectivity index is 1.97. The number of hydrogen-bond donors (Lipinski definition) is 2. The Morgan fingerprint density at radius 2 is 2.18 bits per heavy atom. The van der Waals surface area contributed by atoms with Crippen molar-refractivity contribution in [3.8, 4) is 0 Å². The third-order valence-electron chi connectivity index (χ3n) is 3.58. The predicted molar refractivity (Wildman–Crippen MR) is 66.4 cm³/mol. The molecule has 1 aliphatic carbocycles. The fraction of sp³-hybridized carbons (Fsp3) is 0.667. The van der Waals surface area contributed by atoms with E-state index in [1.807, 2.05) is 13.8 Å². The van der Waals surface area contributed by atoms with Crippen LogP contribution in [0.2, 0.25) is 0 Å². The smallest absolute Gasteiger partial charge is 0.241 e. The standard InChI is InChI=1S/C12H20N4O/c1-7-11(13)8(2)16(15-7)6-10(17)14-9-5-12(9,3)4/h9H,5-6,13H2,1-4H3,(H,14,17). The Hall–Kier alpha value is -1.52. The van der Waals surface area contributed by atoms with E-state index in [-0.39, 0.29) is 17.9 Å². The van der Waals surface area contributed by atoms with Gasteiger partial charge in [0.1, 0.15) is 6.54 Å². The maximum Gasteiger partial charge on any atom is 0.241 e. The van der Waals surface area contributed by atoms with Crippen LogP contribution >= 0.6 is 0 Å². The van der Waals surface area contributed by atoms with Gasteiger partial charge in [0, 0.05) is 6.04 Å². The van der Waals surface area contributed by atoms with Gasteiger partial charge in [0.05, 0.1) is 17.1 Å². The molecule has 0 aromatic carbocycles. The van der Waals surface area contributed by atoms with E-state index >= 15 is 0 Å². The first-order valence-electron chi connectivity index (χ1n) is 5.90. The number of rotatable bonds is 3. The van der Waals surface area contributed by atoms with Gasteiger partial charge in [-0.05, 0) is 25.7 Å². The van der Waals surface area contributed by atoms with Crippen molar-refractivity contribution in [3.05, 3.63) is 11.4 Å². The molecule has 5 heteroatoms. The molecule has 2 rings (SSSR count). The van der Waals surface area contributed by atoms with Crippen LogP contribution in [-0.2, 0) is 11.3 Å². The second-order valence-corrected chi connectivity index (χ2v) is 5.55. The number of nitrogens with one attached hydrogen (secondary N) is 1. The van der Waals surface area contributed by atoms with Gasteiger partial charge in [-0.3, -0.25) is 9.48 Å². The summed E-state index contributed by atoms with van der Waals surface area (Å²) in [6.45, 7) is 8.28. The molecule has 1 aromatic heterocycles. The van der Waals surface area contributed by atoms with Crippen molar-refractivity contribution in [2.75, 3.05) is 5.73 Å². The molecule has 1 unspecified atom stereocenters. The molecule has 1 atom stereocenters. The molecule has 0 radical (unpaired) electrons. The van der Waals surface area contributed by atoms with E-state index in [9.17, 15) is 4.79 Å². The van der Waals surface area contributed by atoms with Crippen LogP contribution in [-0.4, -0.2) is 21.7 Å². The minimum absolute atomic E-state index is 0.00572. The summed E-state index contributed by atoms with van der Waals surface area (Å²) in [5.74, 6) is 0.00572. The van der Waals surface area contributed by atoms with Gasteiger partial charge in [0.25, 0.3) is 0 Å². The number of aryl methyl sites for hydroxylation is 1. The largest absolute Gasteiger partial charge is 0.396 e. The summed E-state index contributed by atoms with van der Waals surface area (Å²) in [7, 11) is 0. The van der Waals surface area contributed by atoms with Gasteiger partial charge >= 0.3 is 0 Å². The van der Waals surface area contributed by atoms with Gasteiger partial charge in [-0.2, -0.15) is 5.10 Å². The average Bonchev–Trinajstić information content (AvgIpc) is 2.74. The van der Waals surface area contributed by atoms with E-state index in [1.165, 1.54) is 0 Å². The molecule has 1 saturated carbocycles. The zero-order valence-corrected chi connectivity index (χ0v) is 10.9. The average molecular weight is 236 g/mol. The topological polar surface area (TPSA) is 72.9 Å². The number of carbonyl (C=O) groups is 1. The van der Waals surface area contributed by atoms with Gasteiger partial charge in [-0.1, -0.05) is 13.8 Å². The van der Waals surface area contributed by atoms with Crippen LogP contribution in [0.3, 0.4) is 0 Å². The Morgan fingerprint density at radius 1 is 1.59 bits per heavy atom. The lowest BCUT2D eigenvalue weighted by molar-refractivity contribution is -0.122. The molecule has 94 valence electrons. The number of carbonyl (C=O) groups excluding carboxylic acids is 1. The molecule has 1 aliphatic rings. The number of hydrogen-bond acceptors (Lipinski definition) is 3. The van der Waals surface area contributed by atoms with Crippen LogP contribution in [0, 0.1) is 19.3 Å². The second-order valence-electron chi connectivity index (χ2n) is 5.55. The Morgan fingerprint density at radius 3 is 2.59 bits per heavy atom. The highest BCUT2D eigenvalue weighted by Crippen LogP contribution is 2.44. The fourth-order valence-corrected chi connectivity index (χ4v) is 1.95. The highest BCUT2D eigenvalue weighted by atomic mass is 16.2. The molecule has 1 amide bonds. The second kappa shape index (κ2) is 3.75. The number of nitrogen functional groups attached to an aromatic ring is 1. The summed E-state index contributed by atoms with van der Waals surface area (Å²) < 4.78 is 1.66. The maximum absolute atomic E-state index is 11.8. The Kier molecular flexibility index (Phi) is 2.64. The maximum atomic E-state index is 11.8. The number of amides is 1. The van der Waals surface area contributed by atoms with Gasteiger partial charge in [-0.25, -0.2) is 0 Å². The van der Waals surface area contributed by atoms with Crippen LogP contribution in [0.1, 0.15) is 31.7 Å². The van der Waals surface area contributed by atoms with Crippen molar-refractivity contribution in [3.63, 3.8) is 0 Å². The molecule has 1 fully saturated rings. The van der Waals surface area contributed by atoms with Crippen molar-refractivity contribution in [1.82, 2.24) is 15.1 Å². The zero-order chi connectivity index (χ0) is 12.8. The molecule has 5 nitrogen and oxygen atoms in total. The van der Waals surface area contributed by atoms with E-state index in [4.69, 9.17) is 5.73 Å². The van der Waals surface area contributed by atoms with Crippen molar-refractivity contribution in [2.45, 2.75) is 46.7 Å². The van der Waals surface area contributed by atoms with Crippen molar-refractivity contribution >= 4 is 11.6 Å².